The van der Waals surface area contributed by atoms with E-state index < -0.39 is 0 Å². The maximum absolute atomic E-state index is 11.2. The van der Waals surface area contributed by atoms with Crippen LogP contribution in [0.25, 0.3) is 0 Å². The number of fused-ring (bicyclic) bond motifs is 3. The highest BCUT2D eigenvalue weighted by molar-refractivity contribution is 6.31. The van der Waals surface area contributed by atoms with Gasteiger partial charge in [-0.3, -0.25) is 4.79 Å². The van der Waals surface area contributed by atoms with Crippen molar-refractivity contribution >= 4 is 23.1 Å². The third-order valence-corrected chi connectivity index (χ3v) is 4.76. The number of hydrogen-bond donors (Lipinski definition) is 0. The molecule has 0 amide bonds. The minimum atomic E-state index is 0.281. The lowest BCUT2D eigenvalue weighted by Gasteiger charge is -2.27. The van der Waals surface area contributed by atoms with Gasteiger partial charge in [-0.1, -0.05) is 17.7 Å². The van der Waals surface area contributed by atoms with Crippen LogP contribution in [0, 0.1) is 0 Å². The number of halogens is 1. The van der Waals surface area contributed by atoms with Crippen molar-refractivity contribution in [3.05, 3.63) is 28.8 Å². The zero-order valence-corrected chi connectivity index (χ0v) is 12.7. The first kappa shape index (κ1) is 13.9. The third-order valence-electron chi connectivity index (χ3n) is 4.41. The minimum absolute atomic E-state index is 0.281. The van der Waals surface area contributed by atoms with Gasteiger partial charge in [0.2, 0.25) is 0 Å². The first-order valence-corrected chi connectivity index (χ1v) is 7.79. The predicted octanol–water partition coefficient (Wildman–Crippen LogP) is 2.76. The van der Waals surface area contributed by atoms with Crippen LogP contribution in [0.4, 0.5) is 5.69 Å². The van der Waals surface area contributed by atoms with Crippen LogP contribution >= 0.6 is 11.6 Å². The Morgan fingerprint density at radius 2 is 2.25 bits per heavy atom. The highest BCUT2D eigenvalue weighted by Gasteiger charge is 2.33. The molecule has 2 aliphatic rings. The van der Waals surface area contributed by atoms with Crippen LogP contribution in [0.1, 0.15) is 25.3 Å². The van der Waals surface area contributed by atoms with E-state index in [1.807, 2.05) is 12.1 Å². The fourth-order valence-electron chi connectivity index (χ4n) is 3.40. The van der Waals surface area contributed by atoms with Crippen molar-refractivity contribution in [3.63, 3.8) is 0 Å². The van der Waals surface area contributed by atoms with Crippen LogP contribution in [0.15, 0.2) is 18.2 Å². The normalized spacial score (nSPS) is 22.3. The smallest absolute Gasteiger partial charge is 0.131 e. The van der Waals surface area contributed by atoms with E-state index in [9.17, 15) is 4.79 Å². The Bertz CT molecular complexity index is 517. The molecule has 20 heavy (non-hydrogen) atoms. The average molecular weight is 293 g/mol. The lowest BCUT2D eigenvalue weighted by molar-refractivity contribution is -0.117. The number of carbonyl (C=O) groups excluding carboxylic acids is 1. The Labute approximate surface area is 125 Å². The number of nitrogens with zero attached hydrogens (tertiary/aromatic N) is 2. The van der Waals surface area contributed by atoms with Gasteiger partial charge in [0.25, 0.3) is 0 Å². The second kappa shape index (κ2) is 5.74. The quantitative estimate of drug-likeness (QED) is 0.856. The number of anilines is 1. The van der Waals surface area contributed by atoms with E-state index >= 15 is 0 Å². The second-order valence-corrected chi connectivity index (χ2v) is 6.30. The monoisotopic (exact) mass is 292 g/mol. The van der Waals surface area contributed by atoms with Crippen molar-refractivity contribution in [1.82, 2.24) is 4.90 Å². The van der Waals surface area contributed by atoms with Gasteiger partial charge in [-0.2, -0.15) is 0 Å². The SMILES string of the molecule is CC(=O)CCN1CCCN2c3cccc(Cl)c3CC2C1. The maximum atomic E-state index is 11.2. The number of Topliss-reactive ketones (excluding diaryl/α,β-unsaturated/α-hetero) is 1. The average Bonchev–Trinajstić information content (AvgIpc) is 2.64. The zero-order chi connectivity index (χ0) is 14.1. The van der Waals surface area contributed by atoms with E-state index in [1.54, 1.807) is 6.92 Å². The molecule has 0 saturated carbocycles. The van der Waals surface area contributed by atoms with Gasteiger partial charge in [0, 0.05) is 42.8 Å². The summed E-state index contributed by atoms with van der Waals surface area (Å²) in [4.78, 5) is 16.1. The molecule has 0 aromatic heterocycles. The molecule has 108 valence electrons. The summed E-state index contributed by atoms with van der Waals surface area (Å²) in [6, 6.07) is 6.73. The lowest BCUT2D eigenvalue weighted by Crippen LogP contribution is -2.39. The molecule has 1 saturated heterocycles. The molecule has 3 nitrogen and oxygen atoms in total. The van der Waals surface area contributed by atoms with E-state index in [1.165, 1.54) is 11.3 Å². The first-order valence-electron chi connectivity index (χ1n) is 7.41. The van der Waals surface area contributed by atoms with E-state index in [4.69, 9.17) is 11.6 Å². The highest BCUT2D eigenvalue weighted by Crippen LogP contribution is 2.37. The van der Waals surface area contributed by atoms with Gasteiger partial charge >= 0.3 is 0 Å². The zero-order valence-electron chi connectivity index (χ0n) is 11.9. The summed E-state index contributed by atoms with van der Waals surface area (Å²) in [6.07, 6.45) is 2.85. The largest absolute Gasteiger partial charge is 0.367 e. The van der Waals surface area contributed by atoms with Crippen molar-refractivity contribution in [1.29, 1.82) is 0 Å². The third kappa shape index (κ3) is 2.70. The number of rotatable bonds is 3. The molecular weight excluding hydrogens is 272 g/mol. The minimum Gasteiger partial charge on any atom is -0.367 e. The van der Waals surface area contributed by atoms with Gasteiger partial charge in [0.1, 0.15) is 5.78 Å². The summed E-state index contributed by atoms with van der Waals surface area (Å²) >= 11 is 6.33. The van der Waals surface area contributed by atoms with Crippen LogP contribution < -0.4 is 4.90 Å². The molecule has 0 N–H and O–H groups in total. The van der Waals surface area contributed by atoms with Gasteiger partial charge in [0.15, 0.2) is 0 Å². The van der Waals surface area contributed by atoms with Crippen LogP contribution in [0.2, 0.25) is 5.02 Å². The van der Waals surface area contributed by atoms with Crippen molar-refractivity contribution in [2.45, 2.75) is 32.2 Å². The summed E-state index contributed by atoms with van der Waals surface area (Å²) < 4.78 is 0. The number of ketones is 1. The van der Waals surface area contributed by atoms with Crippen LogP contribution in [0.5, 0.6) is 0 Å². The Morgan fingerprint density at radius 1 is 1.40 bits per heavy atom. The van der Waals surface area contributed by atoms with E-state index in [2.05, 4.69) is 15.9 Å². The van der Waals surface area contributed by atoms with E-state index in [0.29, 0.717) is 12.5 Å². The van der Waals surface area contributed by atoms with Gasteiger partial charge in [0.05, 0.1) is 0 Å². The van der Waals surface area contributed by atoms with Crippen molar-refractivity contribution in [2.75, 3.05) is 31.1 Å². The summed E-state index contributed by atoms with van der Waals surface area (Å²) in [6.45, 7) is 5.79. The summed E-state index contributed by atoms with van der Waals surface area (Å²) in [5.41, 5.74) is 2.61. The molecule has 1 fully saturated rings. The fourth-order valence-corrected chi connectivity index (χ4v) is 3.65. The standard InChI is InChI=1S/C16H21ClN2O/c1-12(20)6-9-18-7-3-8-19-13(11-18)10-14-15(17)4-2-5-16(14)19/h2,4-5,13H,3,6-11H2,1H3. The molecule has 1 atom stereocenters. The fraction of sp³-hybridized carbons (Fsp3) is 0.562. The van der Waals surface area contributed by atoms with Gasteiger partial charge in [-0.15, -0.1) is 0 Å². The molecule has 1 unspecified atom stereocenters. The number of benzene rings is 1. The first-order chi connectivity index (χ1) is 9.65. The molecular formula is C16H21ClN2O. The van der Waals surface area contributed by atoms with Gasteiger partial charge < -0.3 is 9.80 Å². The highest BCUT2D eigenvalue weighted by atomic mass is 35.5. The van der Waals surface area contributed by atoms with E-state index in [0.717, 1.165) is 44.0 Å². The van der Waals surface area contributed by atoms with Crippen LogP contribution in [0.3, 0.4) is 0 Å². The summed E-state index contributed by atoms with van der Waals surface area (Å²) in [5, 5.41) is 0.894. The van der Waals surface area contributed by atoms with Crippen molar-refractivity contribution in [3.8, 4) is 0 Å². The molecule has 4 heteroatoms. The van der Waals surface area contributed by atoms with Crippen LogP contribution in [-0.2, 0) is 11.2 Å². The Balaban J connectivity index is 1.74. The lowest BCUT2D eigenvalue weighted by atomic mass is 10.1. The Hall–Kier alpha value is -1.06. The van der Waals surface area contributed by atoms with Gasteiger partial charge in [-0.25, -0.2) is 0 Å². The Kier molecular flexibility index (Phi) is 3.99. The molecule has 0 aliphatic carbocycles. The van der Waals surface area contributed by atoms with Crippen molar-refractivity contribution in [2.24, 2.45) is 0 Å². The van der Waals surface area contributed by atoms with E-state index in [-0.39, 0.29) is 5.78 Å². The molecule has 1 aromatic rings. The molecule has 0 radical (unpaired) electrons. The van der Waals surface area contributed by atoms with Gasteiger partial charge in [-0.05, 0) is 44.0 Å². The number of hydrogen-bond acceptors (Lipinski definition) is 3. The van der Waals surface area contributed by atoms with Crippen LogP contribution in [-0.4, -0.2) is 42.9 Å². The topological polar surface area (TPSA) is 23.6 Å². The molecule has 1 aromatic carbocycles. The van der Waals surface area contributed by atoms with Crippen molar-refractivity contribution < 1.29 is 4.79 Å². The number of carbonyl (C=O) groups is 1. The molecule has 0 spiro atoms. The molecule has 2 aliphatic heterocycles. The molecule has 2 heterocycles. The molecule has 0 bridgehead atoms. The predicted molar refractivity (Wildman–Crippen MR) is 82.6 cm³/mol. The summed E-state index contributed by atoms with van der Waals surface area (Å²) in [5.74, 6) is 0.281. The maximum Gasteiger partial charge on any atom is 0.131 e. The summed E-state index contributed by atoms with van der Waals surface area (Å²) in [7, 11) is 0. The molecule has 3 rings (SSSR count). The Morgan fingerprint density at radius 3 is 3.05 bits per heavy atom. The second-order valence-electron chi connectivity index (χ2n) is 5.90.